The summed E-state index contributed by atoms with van der Waals surface area (Å²) < 4.78 is -0.687. The Morgan fingerprint density at radius 3 is 1.53 bits per heavy atom. The maximum Gasteiger partial charge on any atom is 0.438 e. The fourth-order valence-electron chi connectivity index (χ4n) is 8.40. The van der Waals surface area contributed by atoms with Crippen LogP contribution in [-0.2, 0) is 9.59 Å². The van der Waals surface area contributed by atoms with Gasteiger partial charge in [-0.05, 0) is 57.8 Å². The van der Waals surface area contributed by atoms with E-state index in [-0.39, 0.29) is 51.8 Å². The molecular formula is C45H84N11O9Si3+. The van der Waals surface area contributed by atoms with Crippen LogP contribution in [0.5, 0.6) is 0 Å². The molecule has 0 aromatic heterocycles. The zero-order valence-corrected chi connectivity index (χ0v) is 45.8. The number of imide groups is 5. The number of isocyanates is 2. The average molecular weight is 1010 g/mol. The summed E-state index contributed by atoms with van der Waals surface area (Å²) in [7, 11) is -1.70. The van der Waals surface area contributed by atoms with E-state index in [1.54, 1.807) is 0 Å². The predicted octanol–water partition coefficient (Wildman–Crippen LogP) is 6.47. The number of hydrogen-bond donors (Lipinski definition) is 4. The van der Waals surface area contributed by atoms with Gasteiger partial charge >= 0.3 is 42.2 Å². The molecule has 384 valence electrons. The molecule has 2 fully saturated rings. The molecular weight excluding hydrogens is 923 g/mol. The molecule has 68 heavy (non-hydrogen) atoms. The summed E-state index contributed by atoms with van der Waals surface area (Å²) in [5.41, 5.74) is 0. The minimum absolute atomic E-state index is 0.102. The lowest BCUT2D eigenvalue weighted by Gasteiger charge is -2.43. The standard InChI is InChI=1S/C45H83N11O9Si3/c1-66-33-19-26-49-41(61)52(28-15-9-6-12-23-46-36-57)39(59)47-24-13-7-10-16-29-53(42(62)50-27-20-34-67-2)40(60)48-25-14-8-11-17-30-54-43(63)55(31-21-35-68(3,4)5)45(65)56(44(54)64)32-18-22-38(56)51-37-58/h38H,6-35,66-67H2,1-5H3,(H3-,47,48,49,50,59,60,61,62)/p+1. The highest BCUT2D eigenvalue weighted by atomic mass is 28.3. The van der Waals surface area contributed by atoms with Gasteiger partial charge in [0.2, 0.25) is 18.3 Å². The number of amides is 14. The first-order chi connectivity index (χ1) is 32.7. The molecule has 0 aromatic rings. The number of carbonyl (C=O) groups is 7. The van der Waals surface area contributed by atoms with Crippen molar-refractivity contribution in [1.29, 1.82) is 0 Å². The number of nitrogens with one attached hydrogen (secondary N) is 4. The molecule has 0 aliphatic carbocycles. The Hall–Kier alpha value is -4.54. The van der Waals surface area contributed by atoms with Crippen LogP contribution in [-0.4, -0.2) is 177 Å². The van der Waals surface area contributed by atoms with Gasteiger partial charge in [0.05, 0.1) is 13.1 Å². The number of aliphatic imine (C=N–C) groups is 2. The summed E-state index contributed by atoms with van der Waals surface area (Å²) in [6.45, 7) is 14.2. The van der Waals surface area contributed by atoms with Crippen LogP contribution in [0.15, 0.2) is 9.98 Å². The number of hydrogen-bond acceptors (Lipinski definition) is 11. The van der Waals surface area contributed by atoms with E-state index >= 15 is 0 Å². The van der Waals surface area contributed by atoms with Gasteiger partial charge in [0.25, 0.3) is 0 Å². The van der Waals surface area contributed by atoms with Crippen LogP contribution in [0.1, 0.15) is 109 Å². The highest BCUT2D eigenvalue weighted by Gasteiger charge is 2.64. The molecule has 2 heterocycles. The molecule has 1 spiro atoms. The lowest BCUT2D eigenvalue weighted by Crippen LogP contribution is -2.74. The Bertz CT molecular complexity index is 1710. The summed E-state index contributed by atoms with van der Waals surface area (Å²) in [5.74, 6) is 0. The topological polar surface area (TPSA) is 239 Å². The number of quaternary nitrogens is 1. The summed E-state index contributed by atoms with van der Waals surface area (Å²) in [5, 5.41) is 11.5. The number of rotatable bonds is 34. The molecule has 2 aliphatic rings. The monoisotopic (exact) mass is 1010 g/mol. The normalized spacial score (nSPS) is 17.2. The zero-order valence-electron chi connectivity index (χ0n) is 42.0. The fraction of sp³-hybridized carbons (Fsp3) is 0.800. The van der Waals surface area contributed by atoms with E-state index in [9.17, 15) is 43.2 Å². The Morgan fingerprint density at radius 1 is 0.632 bits per heavy atom. The molecule has 14 amide bonds. The molecule has 0 aromatic carbocycles. The van der Waals surface area contributed by atoms with Gasteiger partial charge in [0.1, 0.15) is 0 Å². The van der Waals surface area contributed by atoms with Crippen molar-refractivity contribution in [2.24, 2.45) is 9.98 Å². The maximum atomic E-state index is 13.9. The molecule has 0 saturated carbocycles. The van der Waals surface area contributed by atoms with Gasteiger partial charge in [-0.3, -0.25) is 0 Å². The molecule has 2 unspecified atom stereocenters. The van der Waals surface area contributed by atoms with E-state index in [0.717, 1.165) is 61.6 Å². The van der Waals surface area contributed by atoms with Gasteiger partial charge < -0.3 is 21.3 Å². The van der Waals surface area contributed by atoms with Crippen molar-refractivity contribution in [2.45, 2.75) is 166 Å². The highest BCUT2D eigenvalue weighted by molar-refractivity contribution is 6.76. The third-order valence-corrected chi connectivity index (χ3v) is 16.6. The Labute approximate surface area is 410 Å². The van der Waals surface area contributed by atoms with Crippen LogP contribution in [0.3, 0.4) is 0 Å². The highest BCUT2D eigenvalue weighted by Crippen LogP contribution is 2.36. The third kappa shape index (κ3) is 21.0. The van der Waals surface area contributed by atoms with Crippen molar-refractivity contribution in [3.8, 4) is 0 Å². The maximum absolute atomic E-state index is 13.9. The number of urea groups is 7. The van der Waals surface area contributed by atoms with Gasteiger partial charge in [-0.25, -0.2) is 67.7 Å². The van der Waals surface area contributed by atoms with Gasteiger partial charge in [-0.1, -0.05) is 89.4 Å². The van der Waals surface area contributed by atoms with E-state index in [2.05, 4.69) is 64.0 Å². The second-order valence-corrected chi connectivity index (χ2v) is 28.1. The number of nitrogens with zero attached hydrogens (tertiary/aromatic N) is 7. The van der Waals surface area contributed by atoms with Crippen molar-refractivity contribution in [3.05, 3.63) is 0 Å². The van der Waals surface area contributed by atoms with Crippen molar-refractivity contribution < 1.29 is 47.6 Å². The van der Waals surface area contributed by atoms with Crippen LogP contribution >= 0.6 is 0 Å². The van der Waals surface area contributed by atoms with Crippen LogP contribution in [0.4, 0.5) is 33.6 Å². The first-order valence-electron chi connectivity index (χ1n) is 25.5. The molecule has 2 saturated heterocycles. The minimum Gasteiger partial charge on any atom is -0.338 e. The molecule has 2 rings (SSSR count). The largest absolute Gasteiger partial charge is 0.438 e. The summed E-state index contributed by atoms with van der Waals surface area (Å²) >= 11 is 0. The summed E-state index contributed by atoms with van der Waals surface area (Å²) in [6.07, 6.45) is 13.5. The molecule has 20 nitrogen and oxygen atoms in total. The molecule has 4 N–H and O–H groups in total. The van der Waals surface area contributed by atoms with E-state index in [0.29, 0.717) is 103 Å². The predicted molar refractivity (Wildman–Crippen MR) is 272 cm³/mol. The van der Waals surface area contributed by atoms with E-state index < -0.39 is 60.9 Å². The molecule has 0 radical (unpaired) electrons. The lowest BCUT2D eigenvalue weighted by molar-refractivity contribution is -0.789. The van der Waals surface area contributed by atoms with E-state index in [1.807, 2.05) is 0 Å². The van der Waals surface area contributed by atoms with Gasteiger partial charge in [0, 0.05) is 92.3 Å². The first-order valence-corrected chi connectivity index (χ1v) is 34.1. The van der Waals surface area contributed by atoms with Crippen molar-refractivity contribution in [1.82, 2.24) is 40.9 Å². The second-order valence-electron chi connectivity index (χ2n) is 19.1. The first kappa shape index (κ1) is 59.6. The van der Waals surface area contributed by atoms with Crippen LogP contribution in [0.2, 0.25) is 50.9 Å². The Kier molecular flexibility index (Phi) is 29.7. The van der Waals surface area contributed by atoms with Crippen molar-refractivity contribution in [2.75, 3.05) is 65.4 Å². The smallest absolute Gasteiger partial charge is 0.338 e. The van der Waals surface area contributed by atoms with Crippen LogP contribution < -0.4 is 21.3 Å². The van der Waals surface area contributed by atoms with Crippen molar-refractivity contribution >= 4 is 81.5 Å². The second kappa shape index (κ2) is 33.9. The third-order valence-electron chi connectivity index (χ3n) is 12.3. The van der Waals surface area contributed by atoms with Crippen molar-refractivity contribution in [3.63, 3.8) is 0 Å². The molecule has 2 aliphatic heterocycles. The van der Waals surface area contributed by atoms with Gasteiger partial charge in [0.15, 0.2) is 0 Å². The van der Waals surface area contributed by atoms with E-state index in [4.69, 9.17) is 0 Å². The Balaban J connectivity index is 1.87. The van der Waals surface area contributed by atoms with Gasteiger partial charge in [-0.2, -0.15) is 0 Å². The number of carbonyl (C=O) groups excluding carboxylic acids is 9. The quantitative estimate of drug-likeness (QED) is 0.0181. The van der Waals surface area contributed by atoms with Gasteiger partial charge in [-0.15, -0.1) is 9.48 Å². The van der Waals surface area contributed by atoms with E-state index in [1.165, 1.54) is 26.9 Å². The molecule has 2 atom stereocenters. The van der Waals surface area contributed by atoms with Crippen LogP contribution in [0.25, 0.3) is 0 Å². The molecule has 0 bridgehead atoms. The fourth-order valence-corrected chi connectivity index (χ4v) is 11.1. The summed E-state index contributed by atoms with van der Waals surface area (Å²) in [4.78, 5) is 128. The number of unbranched alkanes of at least 4 members (excludes halogenated alkanes) is 9. The SMILES string of the molecule is C[SiH2]CCCNC(=O)N(CCCCCCN=C=O)C(=O)NCCCCCCN(C(=O)NCCCCCCN1C(=O)N(CCC[Si](C)(C)C)C(=O)[N+]2(CCCC2N=C=O)C1=O)C(=O)NCCC[SiH2]C. The van der Waals surface area contributed by atoms with Crippen LogP contribution in [0, 0.1) is 0 Å². The minimum atomic E-state index is -1.46. The lowest BCUT2D eigenvalue weighted by atomic mass is 10.2. The average Bonchev–Trinajstić information content (AvgIpc) is 3.73. The Morgan fingerprint density at radius 2 is 1.07 bits per heavy atom. The summed E-state index contributed by atoms with van der Waals surface area (Å²) in [6, 6.07) is -0.542. The zero-order chi connectivity index (χ0) is 50.2. The molecule has 23 heteroatoms.